The number of methoxy groups -OCH3 is 1. The molecule has 0 spiro atoms. The van der Waals surface area contributed by atoms with Crippen LogP contribution in [0.15, 0.2) is 42.5 Å². The lowest BCUT2D eigenvalue weighted by atomic mass is 10.0. The molecule has 3 heteroatoms. The lowest BCUT2D eigenvalue weighted by Gasteiger charge is -2.08. The summed E-state index contributed by atoms with van der Waals surface area (Å²) in [6, 6.07) is 10.9. The average Bonchev–Trinajstić information content (AvgIpc) is 2.29. The van der Waals surface area contributed by atoms with E-state index in [9.17, 15) is 9.50 Å². The molecule has 0 radical (unpaired) electrons. The normalized spacial score (nSPS) is 10.1. The fourth-order valence-corrected chi connectivity index (χ4v) is 1.58. The lowest BCUT2D eigenvalue weighted by Crippen LogP contribution is -1.89. The van der Waals surface area contributed by atoms with Gasteiger partial charge in [0.2, 0.25) is 0 Å². The maximum atomic E-state index is 13.2. The van der Waals surface area contributed by atoms with Crippen molar-refractivity contribution in [2.75, 3.05) is 7.11 Å². The van der Waals surface area contributed by atoms with E-state index in [1.54, 1.807) is 30.3 Å². The van der Waals surface area contributed by atoms with E-state index >= 15 is 0 Å². The fraction of sp³-hybridized carbons (Fsp3) is 0.0769. The van der Waals surface area contributed by atoms with Crippen molar-refractivity contribution >= 4 is 0 Å². The smallest absolute Gasteiger partial charge is 0.126 e. The summed E-state index contributed by atoms with van der Waals surface area (Å²) in [5, 5.41) is 9.37. The molecule has 0 bridgehead atoms. The Bertz CT molecular complexity index is 509. The van der Waals surface area contributed by atoms with E-state index in [4.69, 9.17) is 4.74 Å². The van der Waals surface area contributed by atoms with Gasteiger partial charge in [0.05, 0.1) is 7.11 Å². The summed E-state index contributed by atoms with van der Waals surface area (Å²) in [6.45, 7) is 0. The second-order valence-corrected chi connectivity index (χ2v) is 3.39. The maximum absolute atomic E-state index is 13.2. The van der Waals surface area contributed by atoms with Crippen molar-refractivity contribution in [1.29, 1.82) is 0 Å². The first-order valence-corrected chi connectivity index (χ1v) is 4.83. The number of phenolic OH excluding ortho intramolecular Hbond substituents is 1. The van der Waals surface area contributed by atoms with Crippen LogP contribution in [0.2, 0.25) is 0 Å². The monoisotopic (exact) mass is 218 g/mol. The maximum Gasteiger partial charge on any atom is 0.126 e. The summed E-state index contributed by atoms with van der Waals surface area (Å²) >= 11 is 0. The predicted octanol–water partition coefficient (Wildman–Crippen LogP) is 3.21. The topological polar surface area (TPSA) is 29.5 Å². The van der Waals surface area contributed by atoms with Gasteiger partial charge in [-0.15, -0.1) is 0 Å². The number of hydrogen-bond acceptors (Lipinski definition) is 2. The Morgan fingerprint density at radius 1 is 1.12 bits per heavy atom. The molecule has 0 aliphatic rings. The van der Waals surface area contributed by atoms with Gasteiger partial charge in [-0.05, 0) is 35.9 Å². The summed E-state index contributed by atoms with van der Waals surface area (Å²) in [5.41, 5.74) is 1.34. The van der Waals surface area contributed by atoms with Crippen molar-refractivity contribution in [2.45, 2.75) is 0 Å². The number of ether oxygens (including phenoxy) is 1. The van der Waals surface area contributed by atoms with Gasteiger partial charge >= 0.3 is 0 Å². The second kappa shape index (κ2) is 4.23. The van der Waals surface area contributed by atoms with Crippen LogP contribution in [-0.2, 0) is 0 Å². The highest BCUT2D eigenvalue weighted by atomic mass is 19.1. The van der Waals surface area contributed by atoms with Crippen LogP contribution in [0.5, 0.6) is 11.5 Å². The van der Waals surface area contributed by atoms with Crippen molar-refractivity contribution in [3.8, 4) is 22.6 Å². The van der Waals surface area contributed by atoms with Gasteiger partial charge in [-0.2, -0.15) is 0 Å². The fourth-order valence-electron chi connectivity index (χ4n) is 1.58. The molecule has 0 heterocycles. The van der Waals surface area contributed by atoms with Gasteiger partial charge in [0, 0.05) is 5.56 Å². The molecule has 2 aromatic rings. The summed E-state index contributed by atoms with van der Waals surface area (Å²) in [7, 11) is 1.53. The second-order valence-electron chi connectivity index (χ2n) is 3.39. The van der Waals surface area contributed by atoms with Crippen molar-refractivity contribution in [3.63, 3.8) is 0 Å². The number of halogens is 1. The highest BCUT2D eigenvalue weighted by molar-refractivity contribution is 5.71. The lowest BCUT2D eigenvalue weighted by molar-refractivity contribution is 0.415. The molecule has 2 nitrogen and oxygen atoms in total. The molecular weight excluding hydrogens is 207 g/mol. The Kier molecular flexibility index (Phi) is 2.77. The molecule has 1 N–H and O–H groups in total. The van der Waals surface area contributed by atoms with Crippen molar-refractivity contribution in [2.24, 2.45) is 0 Å². The molecule has 0 amide bonds. The van der Waals surface area contributed by atoms with E-state index < -0.39 is 0 Å². The van der Waals surface area contributed by atoms with E-state index in [2.05, 4.69) is 0 Å². The van der Waals surface area contributed by atoms with E-state index in [0.29, 0.717) is 11.3 Å². The van der Waals surface area contributed by atoms with Crippen molar-refractivity contribution < 1.29 is 14.2 Å². The molecule has 0 saturated carbocycles. The van der Waals surface area contributed by atoms with Crippen LogP contribution in [0.25, 0.3) is 11.1 Å². The first-order chi connectivity index (χ1) is 7.70. The molecule has 0 unspecified atom stereocenters. The number of aromatic hydroxyl groups is 1. The Morgan fingerprint density at radius 3 is 2.62 bits per heavy atom. The molecule has 2 aromatic carbocycles. The van der Waals surface area contributed by atoms with E-state index in [1.165, 1.54) is 19.2 Å². The highest BCUT2D eigenvalue weighted by Gasteiger charge is 2.07. The van der Waals surface area contributed by atoms with Gasteiger partial charge in [0.15, 0.2) is 0 Å². The molecule has 0 aliphatic carbocycles. The van der Waals surface area contributed by atoms with Crippen molar-refractivity contribution in [1.82, 2.24) is 0 Å². The molecule has 82 valence electrons. The molecule has 0 fully saturated rings. The number of benzene rings is 2. The van der Waals surface area contributed by atoms with Gasteiger partial charge in [0.1, 0.15) is 17.3 Å². The highest BCUT2D eigenvalue weighted by Crippen LogP contribution is 2.32. The Morgan fingerprint density at radius 2 is 1.94 bits per heavy atom. The Hall–Kier alpha value is -2.03. The minimum absolute atomic E-state index is 0.142. The summed E-state index contributed by atoms with van der Waals surface area (Å²) in [4.78, 5) is 0. The summed E-state index contributed by atoms with van der Waals surface area (Å²) in [5.74, 6) is 0.384. The SMILES string of the molecule is COc1ccc(F)cc1-c1cccc(O)c1. The minimum Gasteiger partial charge on any atom is -0.508 e. The minimum atomic E-state index is -0.334. The largest absolute Gasteiger partial charge is 0.508 e. The van der Waals surface area contributed by atoms with Crippen LogP contribution in [0.3, 0.4) is 0 Å². The number of phenols is 1. The van der Waals surface area contributed by atoms with Gasteiger partial charge in [-0.3, -0.25) is 0 Å². The average molecular weight is 218 g/mol. The third-order valence-corrected chi connectivity index (χ3v) is 2.32. The van der Waals surface area contributed by atoms with Gasteiger partial charge in [-0.25, -0.2) is 4.39 Å². The zero-order valence-corrected chi connectivity index (χ0v) is 8.77. The molecule has 0 saturated heterocycles. The van der Waals surface area contributed by atoms with Crippen LogP contribution in [0.1, 0.15) is 0 Å². The first kappa shape index (κ1) is 10.5. The molecule has 0 aliphatic heterocycles. The standard InChI is InChI=1S/C13H11FO2/c1-16-13-6-5-10(14)8-12(13)9-3-2-4-11(15)7-9/h2-8,15H,1H3. The van der Waals surface area contributed by atoms with E-state index in [-0.39, 0.29) is 11.6 Å². The summed E-state index contributed by atoms with van der Waals surface area (Å²) < 4.78 is 18.3. The van der Waals surface area contributed by atoms with Crippen LogP contribution in [0, 0.1) is 5.82 Å². The quantitative estimate of drug-likeness (QED) is 0.838. The number of hydrogen-bond donors (Lipinski definition) is 1. The van der Waals surface area contributed by atoms with Crippen molar-refractivity contribution in [3.05, 3.63) is 48.3 Å². The van der Waals surface area contributed by atoms with Crippen LogP contribution >= 0.6 is 0 Å². The van der Waals surface area contributed by atoms with Gasteiger partial charge < -0.3 is 9.84 Å². The molecule has 0 aromatic heterocycles. The van der Waals surface area contributed by atoms with Gasteiger partial charge in [-0.1, -0.05) is 12.1 Å². The zero-order valence-electron chi connectivity index (χ0n) is 8.77. The first-order valence-electron chi connectivity index (χ1n) is 4.83. The number of rotatable bonds is 2. The Labute approximate surface area is 92.9 Å². The van der Waals surface area contributed by atoms with E-state index in [0.717, 1.165) is 5.56 Å². The van der Waals surface area contributed by atoms with Crippen LogP contribution in [-0.4, -0.2) is 12.2 Å². The van der Waals surface area contributed by atoms with Gasteiger partial charge in [0.25, 0.3) is 0 Å². The third kappa shape index (κ3) is 1.98. The molecule has 0 atom stereocenters. The Balaban J connectivity index is 2.58. The zero-order chi connectivity index (χ0) is 11.5. The molecule has 2 rings (SSSR count). The summed E-state index contributed by atoms with van der Waals surface area (Å²) in [6.07, 6.45) is 0. The van der Waals surface area contributed by atoms with Crippen LogP contribution < -0.4 is 4.74 Å². The third-order valence-electron chi connectivity index (χ3n) is 2.32. The van der Waals surface area contributed by atoms with E-state index in [1.807, 2.05) is 0 Å². The molecular formula is C13H11FO2. The predicted molar refractivity (Wildman–Crippen MR) is 60.1 cm³/mol. The molecule has 16 heavy (non-hydrogen) atoms. The van der Waals surface area contributed by atoms with Crippen LogP contribution in [0.4, 0.5) is 4.39 Å².